The minimum Gasteiger partial charge on any atom is -0.476 e. The zero-order valence-corrected chi connectivity index (χ0v) is 13.3. The highest BCUT2D eigenvalue weighted by Crippen LogP contribution is 2.28. The van der Waals surface area contributed by atoms with Gasteiger partial charge in [0, 0.05) is 5.56 Å². The lowest BCUT2D eigenvalue weighted by molar-refractivity contribution is 0.0690. The van der Waals surface area contributed by atoms with Gasteiger partial charge >= 0.3 is 5.97 Å². The number of carbonyl (C=O) groups is 1. The molecule has 1 aromatic heterocycles. The standard InChI is InChI=1S/C18H15ClN2O2/c1-2-12-7-9-13(10-8-12)17-11-15(18(22)23)20-21(17)16-6-4-3-5-14(16)19/h3-11H,2H2,1H3,(H,22,23). The first-order valence-electron chi connectivity index (χ1n) is 7.27. The number of hydrogen-bond acceptors (Lipinski definition) is 2. The summed E-state index contributed by atoms with van der Waals surface area (Å²) in [4.78, 5) is 11.3. The molecule has 0 aliphatic heterocycles. The van der Waals surface area contributed by atoms with Crippen molar-refractivity contribution in [1.29, 1.82) is 0 Å². The van der Waals surface area contributed by atoms with Gasteiger partial charge < -0.3 is 5.11 Å². The van der Waals surface area contributed by atoms with Gasteiger partial charge in [0.2, 0.25) is 0 Å². The van der Waals surface area contributed by atoms with Gasteiger partial charge in [0.1, 0.15) is 0 Å². The van der Waals surface area contributed by atoms with Crippen LogP contribution in [0, 0.1) is 0 Å². The minimum absolute atomic E-state index is 0.0144. The third-order valence-corrected chi connectivity index (χ3v) is 3.99. The number of para-hydroxylation sites is 1. The van der Waals surface area contributed by atoms with Crippen molar-refractivity contribution >= 4 is 17.6 Å². The fraction of sp³-hybridized carbons (Fsp3) is 0.111. The van der Waals surface area contributed by atoms with Gasteiger partial charge in [-0.25, -0.2) is 9.48 Å². The molecular formula is C18H15ClN2O2. The van der Waals surface area contributed by atoms with E-state index in [0.29, 0.717) is 16.4 Å². The summed E-state index contributed by atoms with van der Waals surface area (Å²) in [5, 5.41) is 14.0. The van der Waals surface area contributed by atoms with E-state index in [9.17, 15) is 9.90 Å². The number of halogens is 1. The Labute approximate surface area is 139 Å². The SMILES string of the molecule is CCc1ccc(-c2cc(C(=O)O)nn2-c2ccccc2Cl)cc1. The van der Waals surface area contributed by atoms with Gasteiger partial charge in [-0.1, -0.05) is 54.9 Å². The van der Waals surface area contributed by atoms with E-state index in [2.05, 4.69) is 12.0 Å². The summed E-state index contributed by atoms with van der Waals surface area (Å²) in [6, 6.07) is 16.8. The molecule has 5 heteroatoms. The van der Waals surface area contributed by atoms with Crippen LogP contribution in [0.5, 0.6) is 0 Å². The van der Waals surface area contributed by atoms with Crippen LogP contribution < -0.4 is 0 Å². The second kappa shape index (κ2) is 6.26. The van der Waals surface area contributed by atoms with Crippen molar-refractivity contribution in [2.45, 2.75) is 13.3 Å². The second-order valence-electron chi connectivity index (χ2n) is 5.13. The molecule has 1 N–H and O–H groups in total. The molecule has 0 bridgehead atoms. The van der Waals surface area contributed by atoms with Gasteiger partial charge in [-0.3, -0.25) is 0 Å². The Hall–Kier alpha value is -2.59. The molecule has 0 fully saturated rings. The van der Waals surface area contributed by atoms with Gasteiger partial charge in [0.05, 0.1) is 16.4 Å². The molecule has 3 rings (SSSR count). The number of aromatic carboxylic acids is 1. The van der Waals surface area contributed by atoms with E-state index in [4.69, 9.17) is 11.6 Å². The predicted molar refractivity (Wildman–Crippen MR) is 90.3 cm³/mol. The topological polar surface area (TPSA) is 55.1 Å². The number of benzene rings is 2. The summed E-state index contributed by atoms with van der Waals surface area (Å²) in [5.74, 6) is -1.07. The number of aromatic nitrogens is 2. The Bertz CT molecular complexity index is 854. The van der Waals surface area contributed by atoms with Gasteiger partial charge in [-0.2, -0.15) is 5.10 Å². The number of carboxylic acid groups (broad SMARTS) is 1. The highest BCUT2D eigenvalue weighted by atomic mass is 35.5. The summed E-state index contributed by atoms with van der Waals surface area (Å²) in [6.07, 6.45) is 0.949. The lowest BCUT2D eigenvalue weighted by Crippen LogP contribution is -2.02. The lowest BCUT2D eigenvalue weighted by Gasteiger charge is -2.09. The predicted octanol–water partition coefficient (Wildman–Crippen LogP) is 4.45. The maximum atomic E-state index is 11.3. The van der Waals surface area contributed by atoms with Crippen molar-refractivity contribution in [3.05, 3.63) is 70.9 Å². The molecule has 0 saturated heterocycles. The van der Waals surface area contributed by atoms with Crippen molar-refractivity contribution < 1.29 is 9.90 Å². The third-order valence-electron chi connectivity index (χ3n) is 3.67. The molecular weight excluding hydrogens is 312 g/mol. The maximum Gasteiger partial charge on any atom is 0.356 e. The Morgan fingerprint density at radius 2 is 1.87 bits per heavy atom. The van der Waals surface area contributed by atoms with E-state index in [1.807, 2.05) is 42.5 Å². The number of aryl methyl sites for hydroxylation is 1. The molecule has 0 amide bonds. The lowest BCUT2D eigenvalue weighted by atomic mass is 10.1. The zero-order valence-electron chi connectivity index (χ0n) is 12.5. The first kappa shape index (κ1) is 15.3. The van der Waals surface area contributed by atoms with Crippen LogP contribution >= 0.6 is 11.6 Å². The van der Waals surface area contributed by atoms with Crippen LogP contribution in [0.3, 0.4) is 0 Å². The van der Waals surface area contributed by atoms with Crippen molar-refractivity contribution in [3.8, 4) is 16.9 Å². The number of nitrogens with zero attached hydrogens (tertiary/aromatic N) is 2. The monoisotopic (exact) mass is 326 g/mol. The number of carboxylic acids is 1. The van der Waals surface area contributed by atoms with Crippen LogP contribution in [0.25, 0.3) is 16.9 Å². The summed E-state index contributed by atoms with van der Waals surface area (Å²) in [6.45, 7) is 2.09. The Kier molecular flexibility index (Phi) is 4.17. The average molecular weight is 327 g/mol. The number of hydrogen-bond donors (Lipinski definition) is 1. The van der Waals surface area contributed by atoms with E-state index in [0.717, 1.165) is 12.0 Å². The molecule has 0 aliphatic carbocycles. The van der Waals surface area contributed by atoms with Crippen LogP contribution in [0.1, 0.15) is 23.0 Å². The maximum absolute atomic E-state index is 11.3. The van der Waals surface area contributed by atoms with Crippen LogP contribution in [0.15, 0.2) is 54.6 Å². The van der Waals surface area contributed by atoms with E-state index in [1.165, 1.54) is 5.56 Å². The summed E-state index contributed by atoms with van der Waals surface area (Å²) >= 11 is 6.25. The molecule has 3 aromatic rings. The highest BCUT2D eigenvalue weighted by Gasteiger charge is 2.17. The van der Waals surface area contributed by atoms with Crippen LogP contribution in [0.4, 0.5) is 0 Å². The smallest absolute Gasteiger partial charge is 0.356 e. The van der Waals surface area contributed by atoms with Crippen molar-refractivity contribution in [3.63, 3.8) is 0 Å². The third kappa shape index (κ3) is 2.98. The second-order valence-corrected chi connectivity index (χ2v) is 5.54. The van der Waals surface area contributed by atoms with Gasteiger partial charge in [0.25, 0.3) is 0 Å². The fourth-order valence-corrected chi connectivity index (χ4v) is 2.63. The van der Waals surface area contributed by atoms with Gasteiger partial charge in [-0.15, -0.1) is 0 Å². The quantitative estimate of drug-likeness (QED) is 0.770. The molecule has 0 spiro atoms. The van der Waals surface area contributed by atoms with Gasteiger partial charge in [-0.05, 0) is 30.2 Å². The Morgan fingerprint density at radius 3 is 2.48 bits per heavy atom. The molecule has 0 radical (unpaired) electrons. The summed E-state index contributed by atoms with van der Waals surface area (Å²) < 4.78 is 1.58. The van der Waals surface area contributed by atoms with E-state index in [-0.39, 0.29) is 5.69 Å². The zero-order chi connectivity index (χ0) is 16.4. The first-order valence-corrected chi connectivity index (χ1v) is 7.65. The molecule has 4 nitrogen and oxygen atoms in total. The summed E-state index contributed by atoms with van der Waals surface area (Å²) in [5.41, 5.74) is 3.44. The molecule has 0 unspecified atom stereocenters. The first-order chi connectivity index (χ1) is 11.1. The fourth-order valence-electron chi connectivity index (χ4n) is 2.41. The minimum atomic E-state index is -1.07. The van der Waals surface area contributed by atoms with Crippen molar-refractivity contribution in [2.24, 2.45) is 0 Å². The van der Waals surface area contributed by atoms with Crippen LogP contribution in [0.2, 0.25) is 5.02 Å². The Balaban J connectivity index is 2.18. The van der Waals surface area contributed by atoms with Gasteiger partial charge in [0.15, 0.2) is 5.69 Å². The van der Waals surface area contributed by atoms with Crippen molar-refractivity contribution in [2.75, 3.05) is 0 Å². The summed E-state index contributed by atoms with van der Waals surface area (Å²) in [7, 11) is 0. The molecule has 0 aliphatic rings. The molecule has 23 heavy (non-hydrogen) atoms. The molecule has 2 aromatic carbocycles. The molecule has 0 saturated carbocycles. The van der Waals surface area contributed by atoms with E-state index < -0.39 is 5.97 Å². The molecule has 116 valence electrons. The highest BCUT2D eigenvalue weighted by molar-refractivity contribution is 6.32. The van der Waals surface area contributed by atoms with E-state index in [1.54, 1.807) is 16.8 Å². The largest absolute Gasteiger partial charge is 0.476 e. The average Bonchev–Trinajstić information content (AvgIpc) is 3.01. The van der Waals surface area contributed by atoms with Crippen molar-refractivity contribution in [1.82, 2.24) is 9.78 Å². The number of rotatable bonds is 4. The van der Waals surface area contributed by atoms with Crippen LogP contribution in [-0.4, -0.2) is 20.9 Å². The Morgan fingerprint density at radius 1 is 1.17 bits per heavy atom. The molecule has 0 atom stereocenters. The van der Waals surface area contributed by atoms with Crippen LogP contribution in [-0.2, 0) is 6.42 Å². The normalized spacial score (nSPS) is 10.7. The van der Waals surface area contributed by atoms with E-state index >= 15 is 0 Å². The molecule has 1 heterocycles.